The van der Waals surface area contributed by atoms with Gasteiger partial charge in [-0.2, -0.15) is 9.97 Å². The van der Waals surface area contributed by atoms with Crippen molar-refractivity contribution >= 4 is 65.4 Å². The summed E-state index contributed by atoms with van der Waals surface area (Å²) in [6.07, 6.45) is 0. The summed E-state index contributed by atoms with van der Waals surface area (Å²) in [6, 6.07) is 53.5. The normalized spacial score (nSPS) is 12.0. The van der Waals surface area contributed by atoms with Crippen LogP contribution in [0, 0.1) is 0 Å². The molecule has 5 nitrogen and oxygen atoms in total. The topological polar surface area (TPSA) is 40.6 Å². The van der Waals surface area contributed by atoms with Gasteiger partial charge in [-0.25, -0.2) is 0 Å². The van der Waals surface area contributed by atoms with Gasteiger partial charge in [-0.15, -0.1) is 0 Å². The van der Waals surface area contributed by atoms with Crippen LogP contribution in [0.5, 0.6) is 0 Å². The van der Waals surface area contributed by atoms with Crippen LogP contribution in [0.15, 0.2) is 152 Å². The molecule has 0 radical (unpaired) electrons. The molecule has 5 heteroatoms. The minimum atomic E-state index is 0.628. The lowest BCUT2D eigenvalue weighted by atomic mass is 10.2. The van der Waals surface area contributed by atoms with E-state index in [1.807, 2.05) is 0 Å². The Kier molecular flexibility index (Phi) is 4.93. The molecule has 6 aromatic carbocycles. The summed E-state index contributed by atoms with van der Waals surface area (Å²) in [7, 11) is 0. The average molecular weight is 576 g/mol. The van der Waals surface area contributed by atoms with E-state index in [9.17, 15) is 0 Å². The van der Waals surface area contributed by atoms with E-state index in [0.717, 1.165) is 44.7 Å². The summed E-state index contributed by atoms with van der Waals surface area (Å²) in [5.74, 6) is 2.26. The fourth-order valence-electron chi connectivity index (χ4n) is 7.22. The second-order valence-electron chi connectivity index (χ2n) is 11.5. The van der Waals surface area contributed by atoms with Crippen molar-refractivity contribution in [3.63, 3.8) is 0 Å². The quantitative estimate of drug-likeness (QED) is 0.210. The molecule has 0 amide bonds. The largest absolute Gasteiger partial charge is 0.294 e. The number of fused-ring (bicyclic) bond motifs is 9. The molecule has 10 aromatic rings. The molecule has 4 heterocycles. The van der Waals surface area contributed by atoms with E-state index in [1.165, 1.54) is 32.3 Å². The Morgan fingerprint density at radius 2 is 0.533 bits per heavy atom. The van der Waals surface area contributed by atoms with Gasteiger partial charge in [0.25, 0.3) is 0 Å². The summed E-state index contributed by atoms with van der Waals surface area (Å²) in [5, 5.41) is 7.15. The molecule has 210 valence electrons. The summed E-state index contributed by atoms with van der Waals surface area (Å²) in [6.45, 7) is 0. The first-order valence-electron chi connectivity index (χ1n) is 15.2. The molecule has 0 aliphatic carbocycles. The molecule has 0 saturated heterocycles. The van der Waals surface area contributed by atoms with Crippen molar-refractivity contribution in [2.75, 3.05) is 0 Å². The number of benzene rings is 6. The maximum atomic E-state index is 5.39. The van der Waals surface area contributed by atoms with Gasteiger partial charge in [0.1, 0.15) is 11.6 Å². The van der Waals surface area contributed by atoms with E-state index < -0.39 is 0 Å². The molecule has 0 spiro atoms. The lowest BCUT2D eigenvalue weighted by molar-refractivity contribution is 0.918. The first kappa shape index (κ1) is 24.3. The lowest BCUT2D eigenvalue weighted by Crippen LogP contribution is -2.10. The van der Waals surface area contributed by atoms with E-state index in [2.05, 4.69) is 165 Å². The third-order valence-electron chi connectivity index (χ3n) is 9.09. The Hall–Kier alpha value is -6.20. The van der Waals surface area contributed by atoms with Gasteiger partial charge in [-0.1, -0.05) is 109 Å². The zero-order valence-corrected chi connectivity index (χ0v) is 24.2. The lowest BCUT2D eigenvalue weighted by Gasteiger charge is -2.15. The summed E-state index contributed by atoms with van der Waals surface area (Å²) in [5.41, 5.74) is 6.59. The molecule has 4 aromatic heterocycles. The van der Waals surface area contributed by atoms with Crippen molar-refractivity contribution in [1.82, 2.24) is 23.7 Å². The molecule has 0 aliphatic rings. The first-order valence-corrected chi connectivity index (χ1v) is 15.2. The smallest absolute Gasteiger partial charge is 0.238 e. The highest BCUT2D eigenvalue weighted by atomic mass is 15.2. The van der Waals surface area contributed by atoms with Crippen LogP contribution in [0.2, 0.25) is 0 Å². The third kappa shape index (κ3) is 3.38. The molecule has 0 bridgehead atoms. The van der Waals surface area contributed by atoms with Crippen molar-refractivity contribution in [3.8, 4) is 17.6 Å². The van der Waals surface area contributed by atoms with Crippen LogP contribution in [-0.4, -0.2) is 23.7 Å². The minimum absolute atomic E-state index is 0.628. The summed E-state index contributed by atoms with van der Waals surface area (Å²) < 4.78 is 6.77. The van der Waals surface area contributed by atoms with Crippen molar-refractivity contribution in [1.29, 1.82) is 0 Å². The van der Waals surface area contributed by atoms with Crippen LogP contribution in [0.25, 0.3) is 83.0 Å². The highest BCUT2D eigenvalue weighted by molar-refractivity contribution is 6.11. The first-order chi connectivity index (χ1) is 22.3. The SMILES string of the molecule is c1ccc2c(c1)c1ccccc1n2-c1cc(-n2c3ccccc3c3ccccc32)nc(-n2c3ccccc3c3ccccc32)n1. The Balaban J connectivity index is 1.38. The van der Waals surface area contributed by atoms with Crippen LogP contribution in [-0.2, 0) is 0 Å². The number of nitrogens with zero attached hydrogens (tertiary/aromatic N) is 5. The van der Waals surface area contributed by atoms with Crippen molar-refractivity contribution in [2.24, 2.45) is 0 Å². The van der Waals surface area contributed by atoms with Gasteiger partial charge in [0.15, 0.2) is 0 Å². The Morgan fingerprint density at radius 1 is 0.289 bits per heavy atom. The number of para-hydroxylation sites is 6. The van der Waals surface area contributed by atoms with Crippen molar-refractivity contribution in [3.05, 3.63) is 152 Å². The number of rotatable bonds is 3. The van der Waals surface area contributed by atoms with Gasteiger partial charge in [-0.3, -0.25) is 13.7 Å². The predicted octanol–water partition coefficient (Wildman–Crippen LogP) is 9.77. The fourth-order valence-corrected chi connectivity index (χ4v) is 7.22. The molecule has 0 fully saturated rings. The second-order valence-corrected chi connectivity index (χ2v) is 11.5. The monoisotopic (exact) mass is 575 g/mol. The Bertz CT molecular complexity index is 2300. The van der Waals surface area contributed by atoms with Crippen LogP contribution >= 0.6 is 0 Å². The molecule has 0 saturated carbocycles. The number of aromatic nitrogens is 5. The molecule has 45 heavy (non-hydrogen) atoms. The van der Waals surface area contributed by atoms with Crippen LogP contribution in [0.4, 0.5) is 0 Å². The second kappa shape index (κ2) is 9.15. The van der Waals surface area contributed by atoms with Gasteiger partial charge in [-0.05, 0) is 36.4 Å². The van der Waals surface area contributed by atoms with Crippen molar-refractivity contribution in [2.45, 2.75) is 0 Å². The predicted molar refractivity (Wildman–Crippen MR) is 185 cm³/mol. The van der Waals surface area contributed by atoms with Crippen LogP contribution < -0.4 is 0 Å². The average Bonchev–Trinajstić information content (AvgIpc) is 3.74. The Labute approximate surface area is 257 Å². The standard InChI is InChI=1S/C40H25N5/c1-7-19-32-26(13-1)27-14-2-8-20-33(27)43(32)38-25-39(44-34-21-9-3-15-28(34)29-16-4-10-22-35(29)44)42-40(41-38)45-36-23-11-5-17-30(36)31-18-6-12-24-37(31)45/h1-25H. The van der Waals surface area contributed by atoms with Gasteiger partial charge in [0.2, 0.25) is 5.95 Å². The summed E-state index contributed by atoms with van der Waals surface area (Å²) >= 11 is 0. The van der Waals surface area contributed by atoms with Gasteiger partial charge in [0.05, 0.1) is 33.1 Å². The minimum Gasteiger partial charge on any atom is -0.294 e. The molecule has 0 unspecified atom stereocenters. The molecule has 0 aliphatic heterocycles. The number of hydrogen-bond donors (Lipinski definition) is 0. The van der Waals surface area contributed by atoms with E-state index >= 15 is 0 Å². The summed E-state index contributed by atoms with van der Waals surface area (Å²) in [4.78, 5) is 10.8. The van der Waals surface area contributed by atoms with Crippen LogP contribution in [0.1, 0.15) is 0 Å². The van der Waals surface area contributed by atoms with E-state index in [0.29, 0.717) is 5.95 Å². The maximum absolute atomic E-state index is 5.39. The maximum Gasteiger partial charge on any atom is 0.238 e. The molecule has 0 N–H and O–H groups in total. The van der Waals surface area contributed by atoms with Gasteiger partial charge >= 0.3 is 0 Å². The zero-order chi connectivity index (χ0) is 29.5. The highest BCUT2D eigenvalue weighted by Crippen LogP contribution is 2.36. The number of hydrogen-bond acceptors (Lipinski definition) is 2. The molecule has 0 atom stereocenters. The van der Waals surface area contributed by atoms with Gasteiger partial charge < -0.3 is 0 Å². The molecule has 10 rings (SSSR count). The van der Waals surface area contributed by atoms with E-state index in [-0.39, 0.29) is 0 Å². The van der Waals surface area contributed by atoms with Crippen LogP contribution in [0.3, 0.4) is 0 Å². The zero-order valence-electron chi connectivity index (χ0n) is 24.2. The Morgan fingerprint density at radius 3 is 0.822 bits per heavy atom. The van der Waals surface area contributed by atoms with E-state index in [1.54, 1.807) is 0 Å². The highest BCUT2D eigenvalue weighted by Gasteiger charge is 2.21. The third-order valence-corrected chi connectivity index (χ3v) is 9.09. The molecular formula is C40H25N5. The van der Waals surface area contributed by atoms with E-state index in [4.69, 9.17) is 9.97 Å². The van der Waals surface area contributed by atoms with Crippen molar-refractivity contribution < 1.29 is 0 Å². The molecular weight excluding hydrogens is 550 g/mol. The van der Waals surface area contributed by atoms with Gasteiger partial charge in [0, 0.05) is 38.4 Å². The fraction of sp³-hybridized carbons (Fsp3) is 0.